The third kappa shape index (κ3) is 4.07. The van der Waals surface area contributed by atoms with Crippen molar-refractivity contribution in [3.63, 3.8) is 0 Å². The van der Waals surface area contributed by atoms with E-state index in [4.69, 9.17) is 5.73 Å². The number of rotatable bonds is 5. The Labute approximate surface area is 127 Å². The molecule has 0 aliphatic rings. The highest BCUT2D eigenvalue weighted by molar-refractivity contribution is 7.91. The van der Waals surface area contributed by atoms with E-state index in [-0.39, 0.29) is 5.91 Å². The molecule has 0 bridgehead atoms. The highest BCUT2D eigenvalue weighted by Crippen LogP contribution is 2.23. The van der Waals surface area contributed by atoms with Crippen molar-refractivity contribution < 1.29 is 9.35 Å². The van der Waals surface area contributed by atoms with Crippen LogP contribution in [0.25, 0.3) is 0 Å². The summed E-state index contributed by atoms with van der Waals surface area (Å²) in [6.45, 7) is 1.85. The van der Waals surface area contributed by atoms with Crippen LogP contribution in [0.3, 0.4) is 0 Å². The zero-order valence-corrected chi connectivity index (χ0v) is 12.6. The van der Waals surface area contributed by atoms with Crippen LogP contribution < -0.4 is 11.1 Å². The fourth-order valence-electron chi connectivity index (χ4n) is 1.79. The van der Waals surface area contributed by atoms with E-state index in [9.17, 15) is 9.35 Å². The largest absolute Gasteiger partial charge is 0.606 e. The smallest absolute Gasteiger partial charge is 0.241 e. The zero-order chi connectivity index (χ0) is 15.2. The molecule has 0 saturated heterocycles. The van der Waals surface area contributed by atoms with Gasteiger partial charge < -0.3 is 15.6 Å². The average molecular weight is 302 g/mol. The first kappa shape index (κ1) is 15.6. The van der Waals surface area contributed by atoms with Crippen molar-refractivity contribution in [1.82, 2.24) is 0 Å². The number of nitrogens with one attached hydrogen (secondary N) is 1. The van der Waals surface area contributed by atoms with E-state index < -0.39 is 17.2 Å². The average Bonchev–Trinajstić information content (AvgIpc) is 2.54. The first-order valence-corrected chi connectivity index (χ1v) is 7.90. The van der Waals surface area contributed by atoms with Gasteiger partial charge in [-0.1, -0.05) is 31.2 Å². The summed E-state index contributed by atoms with van der Waals surface area (Å²) < 4.78 is 12.4. The van der Waals surface area contributed by atoms with Crippen molar-refractivity contribution in [1.29, 1.82) is 0 Å². The van der Waals surface area contributed by atoms with Crippen molar-refractivity contribution in [2.45, 2.75) is 29.2 Å². The van der Waals surface area contributed by atoms with Crippen LogP contribution in [0, 0.1) is 0 Å². The van der Waals surface area contributed by atoms with E-state index in [0.717, 1.165) is 4.90 Å². The lowest BCUT2D eigenvalue weighted by Crippen LogP contribution is -2.34. The van der Waals surface area contributed by atoms with E-state index in [2.05, 4.69) is 5.32 Å². The van der Waals surface area contributed by atoms with Crippen molar-refractivity contribution in [2.24, 2.45) is 5.73 Å². The van der Waals surface area contributed by atoms with E-state index >= 15 is 0 Å². The predicted molar refractivity (Wildman–Crippen MR) is 84.5 cm³/mol. The molecule has 4 nitrogen and oxygen atoms in total. The zero-order valence-electron chi connectivity index (χ0n) is 11.8. The molecule has 0 fully saturated rings. The number of amides is 1. The van der Waals surface area contributed by atoms with Gasteiger partial charge in [-0.05, 0) is 30.7 Å². The van der Waals surface area contributed by atoms with Crippen LogP contribution in [-0.4, -0.2) is 16.5 Å². The van der Waals surface area contributed by atoms with Gasteiger partial charge in [0.05, 0.1) is 6.04 Å². The Morgan fingerprint density at radius 3 is 2.52 bits per heavy atom. The second kappa shape index (κ2) is 7.26. The summed E-state index contributed by atoms with van der Waals surface area (Å²) in [5.41, 5.74) is 6.28. The topological polar surface area (TPSA) is 78.2 Å². The number of nitrogens with two attached hydrogens (primary N) is 1. The number of hydrogen-bond donors (Lipinski definition) is 2. The summed E-state index contributed by atoms with van der Waals surface area (Å²) in [5.74, 6) is -0.236. The molecule has 3 N–H and O–H groups in total. The summed E-state index contributed by atoms with van der Waals surface area (Å²) in [5, 5.41) is 2.74. The monoisotopic (exact) mass is 302 g/mol. The molecule has 2 atom stereocenters. The van der Waals surface area contributed by atoms with Crippen molar-refractivity contribution in [3.05, 3.63) is 54.6 Å². The molecular formula is C16H18N2O2S. The molecule has 2 aromatic carbocycles. The molecule has 0 aliphatic heterocycles. The van der Waals surface area contributed by atoms with Crippen LogP contribution in [0.5, 0.6) is 0 Å². The van der Waals surface area contributed by atoms with E-state index in [1.807, 2.05) is 37.3 Å². The molecule has 21 heavy (non-hydrogen) atoms. The Balaban J connectivity index is 2.16. The van der Waals surface area contributed by atoms with Gasteiger partial charge in [-0.3, -0.25) is 4.79 Å². The quantitative estimate of drug-likeness (QED) is 0.833. The fraction of sp³-hybridized carbons (Fsp3) is 0.188. The first-order valence-electron chi connectivity index (χ1n) is 6.75. The Hall–Kier alpha value is -1.82. The summed E-state index contributed by atoms with van der Waals surface area (Å²) in [6, 6.07) is 15.7. The van der Waals surface area contributed by atoms with Crippen molar-refractivity contribution in [2.75, 3.05) is 5.32 Å². The summed E-state index contributed by atoms with van der Waals surface area (Å²) in [4.78, 5) is 13.2. The first-order chi connectivity index (χ1) is 10.1. The molecule has 1 amide bonds. The number of carbonyl (C=O) groups is 1. The fourth-order valence-corrected chi connectivity index (χ4v) is 2.90. The number of anilines is 1. The Morgan fingerprint density at radius 1 is 1.19 bits per heavy atom. The van der Waals surface area contributed by atoms with Crippen LogP contribution >= 0.6 is 0 Å². The van der Waals surface area contributed by atoms with E-state index in [0.29, 0.717) is 17.0 Å². The minimum absolute atomic E-state index is 0.236. The van der Waals surface area contributed by atoms with E-state index in [1.54, 1.807) is 24.3 Å². The molecule has 0 radical (unpaired) electrons. The highest BCUT2D eigenvalue weighted by atomic mass is 32.2. The minimum Gasteiger partial charge on any atom is -0.606 e. The summed E-state index contributed by atoms with van der Waals surface area (Å²) in [7, 11) is 0. The maximum atomic E-state index is 12.4. The molecule has 0 saturated carbocycles. The van der Waals surface area contributed by atoms with Gasteiger partial charge in [0.15, 0.2) is 9.79 Å². The lowest BCUT2D eigenvalue weighted by molar-refractivity contribution is -0.117. The standard InChI is InChI=1S/C16H18N2O2S/c1-2-15(17)16(19)18-12-7-6-10-14(11-12)21(20)13-8-4-3-5-9-13/h3-11,15H,2,17H2,1H3,(H,18,19). The Bertz CT molecular complexity index is 604. The van der Waals surface area contributed by atoms with Crippen molar-refractivity contribution >= 4 is 22.8 Å². The normalized spacial score (nSPS) is 13.5. The molecule has 0 aliphatic carbocycles. The number of hydrogen-bond acceptors (Lipinski definition) is 3. The molecule has 2 aromatic rings. The second-order valence-electron chi connectivity index (χ2n) is 4.61. The third-order valence-electron chi connectivity index (χ3n) is 3.05. The maximum absolute atomic E-state index is 12.4. The maximum Gasteiger partial charge on any atom is 0.241 e. The lowest BCUT2D eigenvalue weighted by Gasteiger charge is -2.13. The van der Waals surface area contributed by atoms with E-state index in [1.165, 1.54) is 0 Å². The van der Waals surface area contributed by atoms with Gasteiger partial charge in [-0.15, -0.1) is 0 Å². The minimum atomic E-state index is -1.27. The van der Waals surface area contributed by atoms with Gasteiger partial charge in [0, 0.05) is 22.9 Å². The molecule has 2 rings (SSSR count). The van der Waals surface area contributed by atoms with Gasteiger partial charge in [0.1, 0.15) is 0 Å². The molecular weight excluding hydrogens is 284 g/mol. The second-order valence-corrected chi connectivity index (χ2v) is 6.09. The Kier molecular flexibility index (Phi) is 5.38. The van der Waals surface area contributed by atoms with Crippen molar-refractivity contribution in [3.8, 4) is 0 Å². The molecule has 0 spiro atoms. The molecule has 110 valence electrons. The van der Waals surface area contributed by atoms with Gasteiger partial charge in [0.25, 0.3) is 0 Å². The molecule has 2 unspecified atom stereocenters. The molecule has 0 heterocycles. The molecule has 0 aromatic heterocycles. The summed E-state index contributed by atoms with van der Waals surface area (Å²) >= 11 is -1.27. The lowest BCUT2D eigenvalue weighted by atomic mass is 10.2. The third-order valence-corrected chi connectivity index (χ3v) is 4.43. The summed E-state index contributed by atoms with van der Waals surface area (Å²) in [6.07, 6.45) is 0.571. The highest BCUT2D eigenvalue weighted by Gasteiger charge is 2.16. The van der Waals surface area contributed by atoms with Gasteiger partial charge >= 0.3 is 0 Å². The number of benzene rings is 2. The SMILES string of the molecule is CCC(N)C(=O)Nc1cccc([S+]([O-])c2ccccc2)c1. The number of carbonyl (C=O) groups excluding carboxylic acids is 1. The predicted octanol–water partition coefficient (Wildman–Crippen LogP) is 2.53. The van der Waals surface area contributed by atoms with Crippen LogP contribution in [0.2, 0.25) is 0 Å². The van der Waals surface area contributed by atoms with Gasteiger partial charge in [-0.2, -0.15) is 0 Å². The Morgan fingerprint density at radius 2 is 1.86 bits per heavy atom. The molecule has 5 heteroatoms. The van der Waals surface area contributed by atoms with Crippen LogP contribution in [0.1, 0.15) is 13.3 Å². The van der Waals surface area contributed by atoms with Crippen LogP contribution in [0.15, 0.2) is 64.4 Å². The van der Waals surface area contributed by atoms with Crippen LogP contribution in [0.4, 0.5) is 5.69 Å². The van der Waals surface area contributed by atoms with Crippen LogP contribution in [-0.2, 0) is 16.0 Å². The van der Waals surface area contributed by atoms with Gasteiger partial charge in [-0.25, -0.2) is 0 Å². The van der Waals surface area contributed by atoms with Gasteiger partial charge in [0.2, 0.25) is 5.91 Å².